The van der Waals surface area contributed by atoms with Crippen LogP contribution in [0.15, 0.2) is 65.1 Å². The van der Waals surface area contributed by atoms with Crippen LogP contribution in [0.3, 0.4) is 0 Å². The molecule has 0 aliphatic carbocycles. The number of ketones is 1. The number of rotatable bonds is 2. The summed E-state index contributed by atoms with van der Waals surface area (Å²) in [5.74, 6) is -0.0552. The third-order valence-electron chi connectivity index (χ3n) is 3.18. The number of hydrogen-bond donors (Lipinski definition) is 0. The maximum absolute atomic E-state index is 12.5. The van der Waals surface area contributed by atoms with Crippen LogP contribution in [0, 0.1) is 0 Å². The predicted molar refractivity (Wildman–Crippen MR) is 86.5 cm³/mol. The van der Waals surface area contributed by atoms with Gasteiger partial charge in [0, 0.05) is 15.6 Å². The first-order valence-corrected chi connectivity index (χ1v) is 7.31. The van der Waals surface area contributed by atoms with Crippen LogP contribution >= 0.6 is 27.5 Å². The minimum atomic E-state index is -0.0552. The summed E-state index contributed by atoms with van der Waals surface area (Å²) in [5, 5.41) is 2.61. The Balaban J connectivity index is 2.09. The maximum atomic E-state index is 12.5. The Labute approximate surface area is 130 Å². The molecule has 0 spiro atoms. The van der Waals surface area contributed by atoms with Crippen molar-refractivity contribution in [3.8, 4) is 0 Å². The number of hydrogen-bond acceptors (Lipinski definition) is 1. The zero-order valence-electron chi connectivity index (χ0n) is 10.4. The van der Waals surface area contributed by atoms with E-state index in [-0.39, 0.29) is 5.78 Å². The predicted octanol–water partition coefficient (Wildman–Crippen LogP) is 5.49. The minimum absolute atomic E-state index is 0.0552. The number of carbonyl (C=O) groups excluding carboxylic acids is 1. The van der Waals surface area contributed by atoms with Crippen LogP contribution in [0.4, 0.5) is 0 Å². The number of benzene rings is 3. The van der Waals surface area contributed by atoms with Crippen molar-refractivity contribution >= 4 is 44.1 Å². The van der Waals surface area contributed by atoms with E-state index in [0.29, 0.717) is 16.1 Å². The summed E-state index contributed by atoms with van der Waals surface area (Å²) in [6.07, 6.45) is 0. The molecule has 0 unspecified atom stereocenters. The fraction of sp³-hybridized carbons (Fsp3) is 0. The van der Waals surface area contributed by atoms with Crippen LogP contribution in [0.5, 0.6) is 0 Å². The van der Waals surface area contributed by atoms with Crippen LogP contribution in [-0.4, -0.2) is 5.78 Å². The zero-order chi connectivity index (χ0) is 14.1. The quantitative estimate of drug-likeness (QED) is 0.562. The lowest BCUT2D eigenvalue weighted by Gasteiger charge is -2.05. The first kappa shape index (κ1) is 13.3. The van der Waals surface area contributed by atoms with E-state index in [0.717, 1.165) is 15.2 Å². The molecule has 98 valence electrons. The highest BCUT2D eigenvalue weighted by Gasteiger charge is 2.12. The molecule has 1 nitrogen and oxygen atoms in total. The van der Waals surface area contributed by atoms with Gasteiger partial charge < -0.3 is 0 Å². The molecule has 20 heavy (non-hydrogen) atoms. The van der Waals surface area contributed by atoms with Gasteiger partial charge in [0.2, 0.25) is 0 Å². The Kier molecular flexibility index (Phi) is 3.60. The summed E-state index contributed by atoms with van der Waals surface area (Å²) in [5.41, 5.74) is 1.18. The van der Waals surface area contributed by atoms with Crippen LogP contribution in [-0.2, 0) is 0 Å². The summed E-state index contributed by atoms with van der Waals surface area (Å²) >= 11 is 9.52. The molecule has 0 radical (unpaired) electrons. The molecule has 3 aromatic carbocycles. The fourth-order valence-electron chi connectivity index (χ4n) is 2.16. The molecule has 0 amide bonds. The largest absolute Gasteiger partial charge is 0.289 e. The lowest BCUT2D eigenvalue weighted by molar-refractivity contribution is 0.103. The summed E-state index contributed by atoms with van der Waals surface area (Å²) in [7, 11) is 0. The van der Waals surface area contributed by atoms with Crippen molar-refractivity contribution in [3.63, 3.8) is 0 Å². The fourth-order valence-corrected chi connectivity index (χ4v) is 2.76. The van der Waals surface area contributed by atoms with Gasteiger partial charge in [0.1, 0.15) is 0 Å². The van der Waals surface area contributed by atoms with E-state index in [1.807, 2.05) is 48.5 Å². The molecular formula is C17H10BrClO. The highest BCUT2D eigenvalue weighted by molar-refractivity contribution is 9.10. The van der Waals surface area contributed by atoms with Crippen molar-refractivity contribution in [1.29, 1.82) is 0 Å². The summed E-state index contributed by atoms with van der Waals surface area (Å²) in [4.78, 5) is 12.5. The smallest absolute Gasteiger partial charge is 0.194 e. The summed E-state index contributed by atoms with van der Waals surface area (Å²) < 4.78 is 1.02. The highest BCUT2D eigenvalue weighted by atomic mass is 79.9. The Morgan fingerprint density at radius 3 is 2.40 bits per heavy atom. The molecule has 3 aromatic rings. The van der Waals surface area contributed by atoms with Gasteiger partial charge in [-0.3, -0.25) is 4.79 Å². The molecule has 0 atom stereocenters. The molecule has 0 aliphatic heterocycles. The average Bonchev–Trinajstić information content (AvgIpc) is 2.46. The highest BCUT2D eigenvalue weighted by Crippen LogP contribution is 2.24. The van der Waals surface area contributed by atoms with Crippen LogP contribution in [0.2, 0.25) is 5.02 Å². The lowest BCUT2D eigenvalue weighted by atomic mass is 10.00. The van der Waals surface area contributed by atoms with Crippen molar-refractivity contribution in [2.75, 3.05) is 0 Å². The van der Waals surface area contributed by atoms with Gasteiger partial charge in [0.05, 0.1) is 5.02 Å². The number of carbonyl (C=O) groups is 1. The second-order valence-corrected chi connectivity index (χ2v) is 5.84. The standard InChI is InChI=1S/C17H10BrClO/c18-14-8-7-11-9-13(6-5-12(11)10-14)17(20)15-3-1-2-4-16(15)19/h1-10H. The van der Waals surface area contributed by atoms with E-state index in [4.69, 9.17) is 11.6 Å². The van der Waals surface area contributed by atoms with Gasteiger partial charge >= 0.3 is 0 Å². The molecule has 0 bridgehead atoms. The zero-order valence-corrected chi connectivity index (χ0v) is 12.8. The lowest BCUT2D eigenvalue weighted by Crippen LogP contribution is -2.01. The second kappa shape index (κ2) is 5.39. The molecule has 0 aromatic heterocycles. The molecule has 3 rings (SSSR count). The van der Waals surface area contributed by atoms with Crippen LogP contribution < -0.4 is 0 Å². The van der Waals surface area contributed by atoms with Crippen molar-refractivity contribution in [3.05, 3.63) is 81.3 Å². The third kappa shape index (κ3) is 2.49. The van der Waals surface area contributed by atoms with Gasteiger partial charge in [0.25, 0.3) is 0 Å². The third-order valence-corrected chi connectivity index (χ3v) is 4.01. The normalized spacial score (nSPS) is 10.7. The molecule has 0 N–H and O–H groups in total. The molecule has 0 fully saturated rings. The van der Waals surface area contributed by atoms with Gasteiger partial charge in [-0.1, -0.05) is 57.9 Å². The molecule has 3 heteroatoms. The van der Waals surface area contributed by atoms with E-state index in [1.165, 1.54) is 0 Å². The summed E-state index contributed by atoms with van der Waals surface area (Å²) in [6.45, 7) is 0. The van der Waals surface area contributed by atoms with E-state index in [2.05, 4.69) is 15.9 Å². The van der Waals surface area contributed by atoms with Crippen molar-refractivity contribution < 1.29 is 4.79 Å². The topological polar surface area (TPSA) is 17.1 Å². The van der Waals surface area contributed by atoms with Gasteiger partial charge in [-0.2, -0.15) is 0 Å². The Hall–Kier alpha value is -1.64. The number of fused-ring (bicyclic) bond motifs is 1. The SMILES string of the molecule is O=C(c1ccc2cc(Br)ccc2c1)c1ccccc1Cl. The Morgan fingerprint density at radius 1 is 0.900 bits per heavy atom. The molecule has 0 saturated heterocycles. The van der Waals surface area contributed by atoms with Crippen LogP contribution in [0.25, 0.3) is 10.8 Å². The van der Waals surface area contributed by atoms with Crippen molar-refractivity contribution in [1.82, 2.24) is 0 Å². The van der Waals surface area contributed by atoms with Crippen molar-refractivity contribution in [2.45, 2.75) is 0 Å². The van der Waals surface area contributed by atoms with Gasteiger partial charge in [0.15, 0.2) is 5.78 Å². The van der Waals surface area contributed by atoms with Gasteiger partial charge in [-0.25, -0.2) is 0 Å². The van der Waals surface area contributed by atoms with Gasteiger partial charge in [-0.15, -0.1) is 0 Å². The first-order valence-electron chi connectivity index (χ1n) is 6.14. The van der Waals surface area contributed by atoms with E-state index in [9.17, 15) is 4.79 Å². The van der Waals surface area contributed by atoms with E-state index < -0.39 is 0 Å². The molecule has 0 saturated carbocycles. The van der Waals surface area contributed by atoms with E-state index >= 15 is 0 Å². The summed E-state index contributed by atoms with van der Waals surface area (Å²) in [6, 6.07) is 18.8. The molecular weight excluding hydrogens is 336 g/mol. The molecule has 0 heterocycles. The Morgan fingerprint density at radius 2 is 1.60 bits per heavy atom. The first-order chi connectivity index (χ1) is 9.65. The minimum Gasteiger partial charge on any atom is -0.289 e. The van der Waals surface area contributed by atoms with E-state index in [1.54, 1.807) is 12.1 Å². The van der Waals surface area contributed by atoms with Crippen LogP contribution in [0.1, 0.15) is 15.9 Å². The average molecular weight is 346 g/mol. The second-order valence-electron chi connectivity index (χ2n) is 4.52. The Bertz CT molecular complexity index is 811. The monoisotopic (exact) mass is 344 g/mol. The number of halogens is 2. The van der Waals surface area contributed by atoms with Crippen molar-refractivity contribution in [2.24, 2.45) is 0 Å². The maximum Gasteiger partial charge on any atom is 0.194 e. The van der Waals surface area contributed by atoms with Gasteiger partial charge in [-0.05, 0) is 41.1 Å². The molecule has 0 aliphatic rings.